The van der Waals surface area contributed by atoms with Gasteiger partial charge in [0.1, 0.15) is 0 Å². The summed E-state index contributed by atoms with van der Waals surface area (Å²) in [6, 6.07) is 8.74. The number of nitrogens with two attached hydrogens (primary N) is 1. The predicted molar refractivity (Wildman–Crippen MR) is 83.8 cm³/mol. The molecule has 1 aromatic carbocycles. The van der Waals surface area contributed by atoms with Crippen LogP contribution in [-0.4, -0.2) is 9.78 Å². The highest BCUT2D eigenvalue weighted by atomic mass is 15.3. The Morgan fingerprint density at radius 1 is 1.15 bits per heavy atom. The molecule has 1 aromatic heterocycles. The summed E-state index contributed by atoms with van der Waals surface area (Å²) in [5, 5.41) is 4.58. The van der Waals surface area contributed by atoms with Gasteiger partial charge in [0.05, 0.1) is 17.4 Å². The molecule has 0 bridgehead atoms. The number of benzene rings is 1. The second-order valence-electron chi connectivity index (χ2n) is 5.46. The zero-order valence-corrected chi connectivity index (χ0v) is 13.0. The van der Waals surface area contributed by atoms with E-state index in [2.05, 4.69) is 57.1 Å². The van der Waals surface area contributed by atoms with E-state index in [-0.39, 0.29) is 6.04 Å². The van der Waals surface area contributed by atoms with Crippen LogP contribution in [0.15, 0.2) is 24.3 Å². The molecule has 1 heterocycles. The highest BCUT2D eigenvalue weighted by Gasteiger charge is 2.14. The Kier molecular flexibility index (Phi) is 4.61. The molecule has 3 heteroatoms. The molecule has 0 saturated carbocycles. The summed E-state index contributed by atoms with van der Waals surface area (Å²) < 4.78 is 2.03. The molecule has 2 N–H and O–H groups in total. The van der Waals surface area contributed by atoms with Crippen molar-refractivity contribution in [1.82, 2.24) is 9.78 Å². The second kappa shape index (κ2) is 6.23. The maximum absolute atomic E-state index is 6.40. The Morgan fingerprint density at radius 3 is 2.50 bits per heavy atom. The van der Waals surface area contributed by atoms with Crippen molar-refractivity contribution in [2.45, 2.75) is 53.1 Å². The third-order valence-electron chi connectivity index (χ3n) is 3.93. The van der Waals surface area contributed by atoms with Crippen LogP contribution in [0.25, 0.3) is 0 Å². The lowest BCUT2D eigenvalue weighted by atomic mass is 9.99. The number of hydrogen-bond acceptors (Lipinski definition) is 2. The lowest BCUT2D eigenvalue weighted by Crippen LogP contribution is -2.18. The van der Waals surface area contributed by atoms with Gasteiger partial charge in [-0.2, -0.15) is 5.10 Å². The van der Waals surface area contributed by atoms with Crippen molar-refractivity contribution in [3.8, 4) is 0 Å². The average Bonchev–Trinajstić information content (AvgIpc) is 2.86. The molecular formula is C17H25N3. The topological polar surface area (TPSA) is 43.8 Å². The summed E-state index contributed by atoms with van der Waals surface area (Å²) in [6.45, 7) is 9.39. The first-order valence-corrected chi connectivity index (χ1v) is 7.43. The standard InChI is InChI=1S/C17H25N3/c1-5-15-11-17(20(6-2)19-15)16(18)10-14-8-7-12(3)13(4)9-14/h7-9,11,16H,5-6,10,18H2,1-4H3. The first-order chi connectivity index (χ1) is 9.55. The minimum atomic E-state index is 0.00450. The molecule has 0 radical (unpaired) electrons. The van der Waals surface area contributed by atoms with Gasteiger partial charge in [-0.25, -0.2) is 0 Å². The van der Waals surface area contributed by atoms with E-state index in [4.69, 9.17) is 5.73 Å². The normalized spacial score (nSPS) is 12.7. The van der Waals surface area contributed by atoms with Crippen LogP contribution >= 0.6 is 0 Å². The Bertz CT molecular complexity index is 584. The summed E-state index contributed by atoms with van der Waals surface area (Å²) in [6.07, 6.45) is 1.81. The molecule has 2 rings (SSSR count). The van der Waals surface area contributed by atoms with Gasteiger partial charge in [-0.05, 0) is 56.4 Å². The first kappa shape index (κ1) is 14.8. The number of hydrogen-bond donors (Lipinski definition) is 1. The number of aromatic nitrogens is 2. The van der Waals surface area contributed by atoms with Gasteiger partial charge in [0.25, 0.3) is 0 Å². The fraction of sp³-hybridized carbons (Fsp3) is 0.471. The lowest BCUT2D eigenvalue weighted by molar-refractivity contribution is 0.565. The van der Waals surface area contributed by atoms with E-state index in [1.54, 1.807) is 0 Å². The van der Waals surface area contributed by atoms with Crippen molar-refractivity contribution in [2.75, 3.05) is 0 Å². The quantitative estimate of drug-likeness (QED) is 0.906. The van der Waals surface area contributed by atoms with Gasteiger partial charge >= 0.3 is 0 Å². The minimum Gasteiger partial charge on any atom is -0.322 e. The predicted octanol–water partition coefficient (Wildman–Crippen LogP) is 3.32. The van der Waals surface area contributed by atoms with Crippen LogP contribution in [0.4, 0.5) is 0 Å². The SMILES string of the molecule is CCc1cc(C(N)Cc2ccc(C)c(C)c2)n(CC)n1. The maximum atomic E-state index is 6.40. The van der Waals surface area contributed by atoms with E-state index in [9.17, 15) is 0 Å². The Morgan fingerprint density at radius 2 is 1.90 bits per heavy atom. The fourth-order valence-corrected chi connectivity index (χ4v) is 2.50. The van der Waals surface area contributed by atoms with Gasteiger partial charge in [-0.3, -0.25) is 4.68 Å². The molecule has 0 amide bonds. The lowest BCUT2D eigenvalue weighted by Gasteiger charge is -2.14. The van der Waals surface area contributed by atoms with Gasteiger partial charge in [0, 0.05) is 6.54 Å². The molecule has 0 spiro atoms. The molecule has 0 saturated heterocycles. The van der Waals surface area contributed by atoms with E-state index in [0.717, 1.165) is 30.8 Å². The summed E-state index contributed by atoms with van der Waals surface area (Å²) in [4.78, 5) is 0. The third-order valence-corrected chi connectivity index (χ3v) is 3.93. The maximum Gasteiger partial charge on any atom is 0.0625 e. The molecule has 20 heavy (non-hydrogen) atoms. The Hall–Kier alpha value is -1.61. The number of aryl methyl sites for hydroxylation is 4. The monoisotopic (exact) mass is 271 g/mol. The van der Waals surface area contributed by atoms with E-state index >= 15 is 0 Å². The molecule has 0 fully saturated rings. The summed E-state index contributed by atoms with van der Waals surface area (Å²) in [7, 11) is 0. The van der Waals surface area contributed by atoms with Crippen LogP contribution in [0.2, 0.25) is 0 Å². The number of nitrogens with zero attached hydrogens (tertiary/aromatic N) is 2. The molecule has 0 aliphatic heterocycles. The van der Waals surface area contributed by atoms with Crippen LogP contribution < -0.4 is 5.73 Å². The van der Waals surface area contributed by atoms with E-state index in [1.807, 2.05) is 4.68 Å². The van der Waals surface area contributed by atoms with E-state index in [1.165, 1.54) is 16.7 Å². The number of rotatable bonds is 5. The summed E-state index contributed by atoms with van der Waals surface area (Å²) in [5.74, 6) is 0. The average molecular weight is 271 g/mol. The highest BCUT2D eigenvalue weighted by molar-refractivity contribution is 5.31. The fourth-order valence-electron chi connectivity index (χ4n) is 2.50. The summed E-state index contributed by atoms with van der Waals surface area (Å²) in [5.41, 5.74) is 12.6. The molecule has 1 atom stereocenters. The molecule has 108 valence electrons. The Labute approximate surface area is 121 Å². The smallest absolute Gasteiger partial charge is 0.0625 e. The van der Waals surface area contributed by atoms with Crippen molar-refractivity contribution in [1.29, 1.82) is 0 Å². The third kappa shape index (κ3) is 3.10. The van der Waals surface area contributed by atoms with Crippen molar-refractivity contribution in [3.05, 3.63) is 52.3 Å². The molecule has 0 aliphatic rings. The van der Waals surface area contributed by atoms with Gasteiger partial charge in [-0.1, -0.05) is 25.1 Å². The highest BCUT2D eigenvalue weighted by Crippen LogP contribution is 2.19. The minimum absolute atomic E-state index is 0.00450. The van der Waals surface area contributed by atoms with Gasteiger partial charge < -0.3 is 5.73 Å². The molecular weight excluding hydrogens is 246 g/mol. The van der Waals surface area contributed by atoms with Gasteiger partial charge in [-0.15, -0.1) is 0 Å². The van der Waals surface area contributed by atoms with Crippen LogP contribution in [0.5, 0.6) is 0 Å². The molecule has 2 aromatic rings. The van der Waals surface area contributed by atoms with Crippen molar-refractivity contribution < 1.29 is 0 Å². The van der Waals surface area contributed by atoms with Gasteiger partial charge in [0.15, 0.2) is 0 Å². The molecule has 3 nitrogen and oxygen atoms in total. The first-order valence-electron chi connectivity index (χ1n) is 7.43. The van der Waals surface area contributed by atoms with Crippen LogP contribution in [0.3, 0.4) is 0 Å². The van der Waals surface area contributed by atoms with E-state index < -0.39 is 0 Å². The molecule has 1 unspecified atom stereocenters. The Balaban J connectivity index is 2.20. The van der Waals surface area contributed by atoms with Crippen LogP contribution in [0.1, 0.15) is 48.0 Å². The zero-order chi connectivity index (χ0) is 14.7. The van der Waals surface area contributed by atoms with Crippen LogP contribution in [0, 0.1) is 13.8 Å². The molecule has 0 aliphatic carbocycles. The zero-order valence-electron chi connectivity index (χ0n) is 13.0. The van der Waals surface area contributed by atoms with E-state index in [0.29, 0.717) is 0 Å². The van der Waals surface area contributed by atoms with Gasteiger partial charge in [0.2, 0.25) is 0 Å². The van der Waals surface area contributed by atoms with Crippen molar-refractivity contribution in [3.63, 3.8) is 0 Å². The van der Waals surface area contributed by atoms with Crippen molar-refractivity contribution >= 4 is 0 Å². The van der Waals surface area contributed by atoms with Crippen molar-refractivity contribution in [2.24, 2.45) is 5.73 Å². The second-order valence-corrected chi connectivity index (χ2v) is 5.46. The largest absolute Gasteiger partial charge is 0.322 e. The summed E-state index contributed by atoms with van der Waals surface area (Å²) >= 11 is 0. The van der Waals surface area contributed by atoms with Crippen LogP contribution in [-0.2, 0) is 19.4 Å².